The minimum Gasteiger partial charge on any atom is -0.325 e. The van der Waals surface area contributed by atoms with E-state index in [0.717, 1.165) is 26.0 Å². The Morgan fingerprint density at radius 3 is 1.89 bits per heavy atom. The summed E-state index contributed by atoms with van der Waals surface area (Å²) in [5, 5.41) is 4.43. The molecular formula is C16H16N2O7S2. The van der Waals surface area contributed by atoms with E-state index in [1.165, 1.54) is 24.3 Å². The second-order valence-corrected chi connectivity index (χ2v) is 8.75. The Hall–Kier alpha value is -2.76. The van der Waals surface area contributed by atoms with Crippen LogP contribution in [0.4, 0.5) is 11.4 Å². The lowest BCUT2D eigenvalue weighted by Gasteiger charge is -2.18. The van der Waals surface area contributed by atoms with Crippen molar-refractivity contribution in [2.45, 2.75) is 28.5 Å². The summed E-state index contributed by atoms with van der Waals surface area (Å²) in [6, 6.07) is 8.93. The van der Waals surface area contributed by atoms with Crippen molar-refractivity contribution in [3.05, 3.63) is 42.5 Å². The van der Waals surface area contributed by atoms with Crippen molar-refractivity contribution < 1.29 is 31.0 Å². The molecular weight excluding hydrogens is 396 g/mol. The van der Waals surface area contributed by atoms with Gasteiger partial charge in [-0.05, 0) is 24.3 Å². The molecule has 2 aromatic rings. The van der Waals surface area contributed by atoms with Gasteiger partial charge >= 0.3 is 0 Å². The highest BCUT2D eigenvalue weighted by molar-refractivity contribution is 7.92. The van der Waals surface area contributed by atoms with Crippen LogP contribution in [0.25, 0.3) is 0 Å². The number of benzene rings is 2. The molecule has 0 atom stereocenters. The van der Waals surface area contributed by atoms with E-state index in [-0.39, 0.29) is 10.6 Å². The second kappa shape index (κ2) is 7.47. The Morgan fingerprint density at radius 1 is 0.852 bits per heavy atom. The summed E-state index contributed by atoms with van der Waals surface area (Å²) >= 11 is 0. The lowest BCUT2D eigenvalue weighted by Crippen LogP contribution is -2.18. The van der Waals surface area contributed by atoms with Gasteiger partial charge in [-0.2, -0.15) is 8.42 Å². The van der Waals surface area contributed by atoms with Crippen molar-refractivity contribution in [3.63, 3.8) is 0 Å². The van der Waals surface area contributed by atoms with Crippen molar-refractivity contribution >= 4 is 43.1 Å². The van der Waals surface area contributed by atoms with Crippen LogP contribution in [-0.4, -0.2) is 33.2 Å². The van der Waals surface area contributed by atoms with E-state index < -0.39 is 47.2 Å². The maximum atomic E-state index is 13.1. The van der Waals surface area contributed by atoms with Gasteiger partial charge in [0.25, 0.3) is 10.1 Å². The van der Waals surface area contributed by atoms with Crippen molar-refractivity contribution in [2.75, 3.05) is 10.6 Å². The zero-order chi connectivity index (χ0) is 20.4. The van der Waals surface area contributed by atoms with E-state index in [2.05, 4.69) is 10.6 Å². The molecule has 144 valence electrons. The number of sulfone groups is 1. The first kappa shape index (κ1) is 20.6. The quantitative estimate of drug-likeness (QED) is 0.633. The number of hydrogen-bond acceptors (Lipinski definition) is 6. The van der Waals surface area contributed by atoms with Crippen LogP contribution in [0, 0.1) is 0 Å². The number of anilines is 2. The topological polar surface area (TPSA) is 147 Å². The maximum Gasteiger partial charge on any atom is 0.296 e. The number of nitrogens with one attached hydrogen (secondary N) is 2. The molecule has 3 N–H and O–H groups in total. The first-order valence-corrected chi connectivity index (χ1v) is 10.4. The van der Waals surface area contributed by atoms with E-state index >= 15 is 0 Å². The minimum atomic E-state index is -4.88. The molecule has 0 aliphatic rings. The third kappa shape index (κ3) is 4.51. The van der Waals surface area contributed by atoms with Crippen molar-refractivity contribution in [2.24, 2.45) is 0 Å². The SMILES string of the molecule is CC(=O)Nc1ccc(S(=O)(=O)O)c(NC(C)=O)c1S(=O)(=O)c1ccccc1. The van der Waals surface area contributed by atoms with Gasteiger partial charge in [-0.3, -0.25) is 14.1 Å². The zero-order valence-electron chi connectivity index (χ0n) is 14.3. The molecule has 0 fully saturated rings. The highest BCUT2D eigenvalue weighted by Gasteiger charge is 2.31. The third-order valence-corrected chi connectivity index (χ3v) is 6.08. The van der Waals surface area contributed by atoms with E-state index in [1.54, 1.807) is 6.07 Å². The average molecular weight is 412 g/mol. The van der Waals surface area contributed by atoms with Crippen LogP contribution in [0.1, 0.15) is 13.8 Å². The molecule has 0 unspecified atom stereocenters. The number of rotatable bonds is 5. The van der Waals surface area contributed by atoms with Crippen LogP contribution < -0.4 is 10.6 Å². The predicted molar refractivity (Wildman–Crippen MR) is 96.8 cm³/mol. The summed E-state index contributed by atoms with van der Waals surface area (Å²) in [5.74, 6) is -1.39. The fraction of sp³-hybridized carbons (Fsp3) is 0.125. The van der Waals surface area contributed by atoms with Gasteiger partial charge in [0.15, 0.2) is 0 Å². The predicted octanol–water partition coefficient (Wildman–Crippen LogP) is 1.68. The monoisotopic (exact) mass is 412 g/mol. The zero-order valence-corrected chi connectivity index (χ0v) is 15.9. The summed E-state index contributed by atoms with van der Waals surface area (Å²) in [6.45, 7) is 2.17. The Bertz CT molecular complexity index is 1110. The minimum absolute atomic E-state index is 0.198. The van der Waals surface area contributed by atoms with Crippen LogP contribution >= 0.6 is 0 Å². The number of hydrogen-bond donors (Lipinski definition) is 3. The fourth-order valence-corrected chi connectivity index (χ4v) is 4.66. The molecule has 0 saturated carbocycles. The molecule has 11 heteroatoms. The molecule has 27 heavy (non-hydrogen) atoms. The van der Waals surface area contributed by atoms with Crippen LogP contribution in [-0.2, 0) is 29.5 Å². The lowest BCUT2D eigenvalue weighted by molar-refractivity contribution is -0.115. The van der Waals surface area contributed by atoms with Gasteiger partial charge in [0, 0.05) is 13.8 Å². The van der Waals surface area contributed by atoms with E-state index in [0.29, 0.717) is 0 Å². The van der Waals surface area contributed by atoms with Crippen LogP contribution in [0.3, 0.4) is 0 Å². The first-order chi connectivity index (χ1) is 12.4. The van der Waals surface area contributed by atoms with Crippen LogP contribution in [0.2, 0.25) is 0 Å². The summed E-state index contributed by atoms with van der Waals surface area (Å²) in [4.78, 5) is 21.4. The summed E-state index contributed by atoms with van der Waals surface area (Å²) in [7, 11) is -9.26. The van der Waals surface area contributed by atoms with Gasteiger partial charge in [-0.25, -0.2) is 8.42 Å². The van der Waals surface area contributed by atoms with E-state index in [1.807, 2.05) is 0 Å². The number of amides is 2. The second-order valence-electron chi connectivity index (χ2n) is 5.47. The highest BCUT2D eigenvalue weighted by atomic mass is 32.2. The van der Waals surface area contributed by atoms with Gasteiger partial charge in [-0.15, -0.1) is 0 Å². The van der Waals surface area contributed by atoms with Crippen molar-refractivity contribution in [1.82, 2.24) is 0 Å². The molecule has 0 radical (unpaired) electrons. The molecule has 2 aromatic carbocycles. The largest absolute Gasteiger partial charge is 0.325 e. The Morgan fingerprint density at radius 2 is 1.41 bits per heavy atom. The molecule has 0 bridgehead atoms. The molecule has 0 aliphatic heterocycles. The van der Waals surface area contributed by atoms with Gasteiger partial charge in [0.2, 0.25) is 21.7 Å². The van der Waals surface area contributed by atoms with Crippen LogP contribution in [0.15, 0.2) is 57.2 Å². The molecule has 0 aromatic heterocycles. The maximum absolute atomic E-state index is 13.1. The standard InChI is InChI=1S/C16H16N2O7S2/c1-10(19)17-13-8-9-14(27(23,24)25)15(18-11(2)20)16(13)26(21,22)12-6-4-3-5-7-12/h3-9H,1-2H3,(H,17,19)(H,18,20)(H,23,24,25). The molecule has 9 nitrogen and oxygen atoms in total. The number of carbonyl (C=O) groups excluding carboxylic acids is 2. The number of carbonyl (C=O) groups is 2. The molecule has 0 spiro atoms. The summed E-state index contributed by atoms with van der Waals surface area (Å²) < 4.78 is 59.1. The Labute approximate surface area is 156 Å². The molecule has 0 saturated heterocycles. The molecule has 0 heterocycles. The third-order valence-electron chi connectivity index (χ3n) is 3.33. The van der Waals surface area contributed by atoms with Gasteiger partial charge in [0.1, 0.15) is 9.79 Å². The molecule has 0 aliphatic carbocycles. The summed E-state index contributed by atoms with van der Waals surface area (Å²) in [6.07, 6.45) is 0. The first-order valence-electron chi connectivity index (χ1n) is 7.44. The lowest BCUT2D eigenvalue weighted by atomic mass is 10.2. The van der Waals surface area contributed by atoms with Gasteiger partial charge < -0.3 is 10.6 Å². The molecule has 2 rings (SSSR count). The summed E-state index contributed by atoms with van der Waals surface area (Å²) in [5.41, 5.74) is -0.900. The smallest absolute Gasteiger partial charge is 0.296 e. The van der Waals surface area contributed by atoms with Gasteiger partial charge in [0.05, 0.1) is 16.3 Å². The van der Waals surface area contributed by atoms with Crippen LogP contribution in [0.5, 0.6) is 0 Å². The van der Waals surface area contributed by atoms with E-state index in [9.17, 15) is 31.0 Å². The average Bonchev–Trinajstić information content (AvgIpc) is 2.53. The normalized spacial score (nSPS) is 11.7. The highest BCUT2D eigenvalue weighted by Crippen LogP contribution is 2.38. The molecule has 2 amide bonds. The fourth-order valence-electron chi connectivity index (χ4n) is 2.36. The Balaban J connectivity index is 2.97. The van der Waals surface area contributed by atoms with E-state index in [4.69, 9.17) is 0 Å². The van der Waals surface area contributed by atoms with Crippen molar-refractivity contribution in [1.29, 1.82) is 0 Å². The Kier molecular flexibility index (Phi) is 5.68. The van der Waals surface area contributed by atoms with Crippen molar-refractivity contribution in [3.8, 4) is 0 Å². The van der Waals surface area contributed by atoms with Gasteiger partial charge in [-0.1, -0.05) is 18.2 Å².